The second-order valence-electron chi connectivity index (χ2n) is 3.95. The summed E-state index contributed by atoms with van der Waals surface area (Å²) in [5.74, 6) is 0.510. The molecular formula is C11H17N3O3S2. The van der Waals surface area contributed by atoms with Crippen LogP contribution in [0.3, 0.4) is 0 Å². The molecule has 0 aliphatic carbocycles. The molecule has 0 saturated carbocycles. The Morgan fingerprint density at radius 3 is 2.42 bits per heavy atom. The van der Waals surface area contributed by atoms with Crippen LogP contribution in [0.25, 0.3) is 0 Å². The topological polar surface area (TPSA) is 115 Å². The summed E-state index contributed by atoms with van der Waals surface area (Å²) in [7, 11) is -3.72. The number of hydrogen-bond donors (Lipinski definition) is 3. The van der Waals surface area contributed by atoms with Crippen LogP contribution in [0, 0.1) is 0 Å². The van der Waals surface area contributed by atoms with Gasteiger partial charge in [-0.3, -0.25) is 4.79 Å². The maximum Gasteiger partial charge on any atom is 0.241 e. The van der Waals surface area contributed by atoms with Crippen LogP contribution in [0.4, 0.5) is 5.69 Å². The van der Waals surface area contributed by atoms with E-state index >= 15 is 0 Å². The molecule has 106 valence electrons. The van der Waals surface area contributed by atoms with E-state index in [0.717, 1.165) is 5.75 Å². The fourth-order valence-corrected chi connectivity index (χ4v) is 2.34. The summed E-state index contributed by atoms with van der Waals surface area (Å²) in [5, 5.41) is 7.59. The molecule has 19 heavy (non-hydrogen) atoms. The third kappa shape index (κ3) is 5.19. The summed E-state index contributed by atoms with van der Waals surface area (Å²) in [6.07, 6.45) is 2.53. The van der Waals surface area contributed by atoms with Gasteiger partial charge in [0.15, 0.2) is 0 Å². The molecule has 0 heterocycles. The fourth-order valence-electron chi connectivity index (χ4n) is 1.34. The Bertz CT molecular complexity index is 529. The van der Waals surface area contributed by atoms with Crippen molar-refractivity contribution in [3.63, 3.8) is 0 Å². The Labute approximate surface area is 117 Å². The zero-order chi connectivity index (χ0) is 14.5. The molecule has 0 aliphatic rings. The maximum absolute atomic E-state index is 11.7. The van der Waals surface area contributed by atoms with E-state index in [1.54, 1.807) is 11.8 Å². The third-order valence-corrected chi connectivity index (χ3v) is 3.99. The van der Waals surface area contributed by atoms with E-state index < -0.39 is 16.1 Å². The van der Waals surface area contributed by atoms with Crippen molar-refractivity contribution in [2.75, 3.05) is 17.3 Å². The van der Waals surface area contributed by atoms with Crippen LogP contribution in [0.1, 0.15) is 6.42 Å². The summed E-state index contributed by atoms with van der Waals surface area (Å²) >= 11 is 1.62. The number of thioether (sulfide) groups is 1. The van der Waals surface area contributed by atoms with Gasteiger partial charge >= 0.3 is 0 Å². The Hall–Kier alpha value is -1.09. The van der Waals surface area contributed by atoms with Crippen molar-refractivity contribution in [3.8, 4) is 0 Å². The molecule has 1 rings (SSSR count). The number of rotatable bonds is 6. The van der Waals surface area contributed by atoms with Gasteiger partial charge in [0, 0.05) is 5.69 Å². The number of carbonyl (C=O) groups is 1. The number of hydrogen-bond acceptors (Lipinski definition) is 5. The van der Waals surface area contributed by atoms with Crippen LogP contribution < -0.4 is 16.2 Å². The Kier molecular flexibility index (Phi) is 5.80. The summed E-state index contributed by atoms with van der Waals surface area (Å²) in [6, 6.07) is 5.03. The lowest BCUT2D eigenvalue weighted by Crippen LogP contribution is -2.36. The van der Waals surface area contributed by atoms with Gasteiger partial charge in [0.1, 0.15) is 0 Å². The molecule has 0 fully saturated rings. The average Bonchev–Trinajstić information content (AvgIpc) is 2.35. The number of carbonyl (C=O) groups excluding carboxylic acids is 1. The number of primary sulfonamides is 1. The first kappa shape index (κ1) is 16.0. The maximum atomic E-state index is 11.7. The van der Waals surface area contributed by atoms with E-state index in [-0.39, 0.29) is 10.8 Å². The van der Waals surface area contributed by atoms with Crippen molar-refractivity contribution in [2.45, 2.75) is 17.4 Å². The summed E-state index contributed by atoms with van der Waals surface area (Å²) in [6.45, 7) is 0. The molecule has 0 aliphatic heterocycles. The van der Waals surface area contributed by atoms with Gasteiger partial charge in [-0.1, -0.05) is 0 Å². The minimum Gasteiger partial charge on any atom is -0.325 e. The minimum atomic E-state index is -3.72. The van der Waals surface area contributed by atoms with Gasteiger partial charge in [-0.15, -0.1) is 0 Å². The average molecular weight is 303 g/mol. The van der Waals surface area contributed by atoms with E-state index in [1.807, 2.05) is 6.26 Å². The van der Waals surface area contributed by atoms with Gasteiger partial charge in [-0.25, -0.2) is 13.6 Å². The number of nitrogens with one attached hydrogen (secondary N) is 1. The van der Waals surface area contributed by atoms with E-state index in [4.69, 9.17) is 10.9 Å². The first-order valence-corrected chi connectivity index (χ1v) is 8.47. The zero-order valence-corrected chi connectivity index (χ0v) is 12.1. The number of benzene rings is 1. The van der Waals surface area contributed by atoms with Crippen molar-refractivity contribution in [1.82, 2.24) is 0 Å². The SMILES string of the molecule is CSCC[C@@H](N)C(=O)Nc1ccc(S(N)(=O)=O)cc1. The predicted molar refractivity (Wildman–Crippen MR) is 77.4 cm³/mol. The smallest absolute Gasteiger partial charge is 0.241 e. The van der Waals surface area contributed by atoms with Gasteiger partial charge < -0.3 is 11.1 Å². The van der Waals surface area contributed by atoms with Gasteiger partial charge in [-0.2, -0.15) is 11.8 Å². The van der Waals surface area contributed by atoms with Crippen LogP contribution in [0.5, 0.6) is 0 Å². The van der Waals surface area contributed by atoms with Crippen molar-refractivity contribution in [2.24, 2.45) is 10.9 Å². The lowest BCUT2D eigenvalue weighted by atomic mass is 10.2. The van der Waals surface area contributed by atoms with Gasteiger partial charge in [0.25, 0.3) is 0 Å². The normalized spacial score (nSPS) is 13.0. The van der Waals surface area contributed by atoms with Gasteiger partial charge in [0.2, 0.25) is 15.9 Å². The Morgan fingerprint density at radius 2 is 1.95 bits per heavy atom. The highest BCUT2D eigenvalue weighted by Gasteiger charge is 2.13. The second-order valence-corrected chi connectivity index (χ2v) is 6.49. The number of anilines is 1. The molecule has 0 spiro atoms. The van der Waals surface area contributed by atoms with E-state index in [1.165, 1.54) is 24.3 Å². The predicted octanol–water partition coefficient (Wildman–Crippen LogP) is 0.353. The molecule has 6 nitrogen and oxygen atoms in total. The van der Waals surface area contributed by atoms with Crippen LogP contribution in [-0.2, 0) is 14.8 Å². The number of sulfonamides is 1. The standard InChI is InChI=1S/C11H17N3O3S2/c1-18-7-6-10(12)11(15)14-8-2-4-9(5-3-8)19(13,16)17/h2-5,10H,6-7,12H2,1H3,(H,14,15)(H2,13,16,17)/t10-/m1/s1. The lowest BCUT2D eigenvalue weighted by molar-refractivity contribution is -0.117. The molecule has 1 atom stereocenters. The first-order valence-electron chi connectivity index (χ1n) is 5.53. The second kappa shape index (κ2) is 6.90. The molecule has 0 unspecified atom stereocenters. The van der Waals surface area contributed by atoms with Crippen molar-refractivity contribution in [1.29, 1.82) is 0 Å². The molecule has 8 heteroatoms. The molecule has 0 saturated heterocycles. The first-order chi connectivity index (χ1) is 8.84. The molecule has 1 aromatic rings. The largest absolute Gasteiger partial charge is 0.325 e. The van der Waals surface area contributed by atoms with Crippen LogP contribution in [0.2, 0.25) is 0 Å². The number of nitrogens with two attached hydrogens (primary N) is 2. The molecule has 5 N–H and O–H groups in total. The van der Waals surface area contributed by atoms with Gasteiger partial charge in [0.05, 0.1) is 10.9 Å². The minimum absolute atomic E-state index is 0.00261. The summed E-state index contributed by atoms with van der Waals surface area (Å²) in [4.78, 5) is 11.7. The van der Waals surface area contributed by atoms with E-state index in [0.29, 0.717) is 12.1 Å². The molecule has 0 aromatic heterocycles. The van der Waals surface area contributed by atoms with Crippen LogP contribution >= 0.6 is 11.8 Å². The monoisotopic (exact) mass is 303 g/mol. The van der Waals surface area contributed by atoms with Crippen molar-refractivity contribution in [3.05, 3.63) is 24.3 Å². The van der Waals surface area contributed by atoms with Crippen molar-refractivity contribution < 1.29 is 13.2 Å². The third-order valence-electron chi connectivity index (χ3n) is 2.42. The van der Waals surface area contributed by atoms with Crippen molar-refractivity contribution >= 4 is 33.4 Å². The highest BCUT2D eigenvalue weighted by Crippen LogP contribution is 2.13. The van der Waals surface area contributed by atoms with Crippen LogP contribution in [-0.4, -0.2) is 32.4 Å². The molecule has 1 aromatic carbocycles. The Morgan fingerprint density at radius 1 is 1.37 bits per heavy atom. The van der Waals surface area contributed by atoms with Gasteiger partial charge in [-0.05, 0) is 42.7 Å². The summed E-state index contributed by atoms with van der Waals surface area (Å²) in [5.41, 5.74) is 6.19. The molecular weight excluding hydrogens is 286 g/mol. The molecule has 1 amide bonds. The highest BCUT2D eigenvalue weighted by atomic mass is 32.2. The molecule has 0 radical (unpaired) electrons. The zero-order valence-electron chi connectivity index (χ0n) is 10.5. The number of amides is 1. The molecule has 0 bridgehead atoms. The quantitative estimate of drug-likeness (QED) is 0.701. The Balaban J connectivity index is 2.65. The van der Waals surface area contributed by atoms with E-state index in [9.17, 15) is 13.2 Å². The fraction of sp³-hybridized carbons (Fsp3) is 0.364. The summed E-state index contributed by atoms with van der Waals surface area (Å²) < 4.78 is 22.1. The van der Waals surface area contributed by atoms with E-state index in [2.05, 4.69) is 5.32 Å². The highest BCUT2D eigenvalue weighted by molar-refractivity contribution is 7.98. The van der Waals surface area contributed by atoms with Crippen LogP contribution in [0.15, 0.2) is 29.2 Å². The lowest BCUT2D eigenvalue weighted by Gasteiger charge is -2.11.